The Morgan fingerprint density at radius 1 is 1.44 bits per heavy atom. The van der Waals surface area contributed by atoms with Crippen molar-refractivity contribution in [2.75, 3.05) is 0 Å². The van der Waals surface area contributed by atoms with Gasteiger partial charge in [-0.05, 0) is 18.6 Å². The van der Waals surface area contributed by atoms with Crippen LogP contribution in [-0.4, -0.2) is 23.2 Å². The van der Waals surface area contributed by atoms with Gasteiger partial charge in [0.1, 0.15) is 5.82 Å². The van der Waals surface area contributed by atoms with Crippen LogP contribution in [-0.2, 0) is 4.79 Å². The fourth-order valence-electron chi connectivity index (χ4n) is 0.962. The number of guanidine groups is 1. The molecular weight excluding hydrogens is 239 g/mol. The number of carboxylic acids is 1. The minimum absolute atomic E-state index is 0.157. The summed E-state index contributed by atoms with van der Waals surface area (Å²) in [6.07, 6.45) is 1.28. The van der Waals surface area contributed by atoms with E-state index in [0.29, 0.717) is 5.56 Å². The summed E-state index contributed by atoms with van der Waals surface area (Å²) in [5.74, 6) is -1.34. The maximum Gasteiger partial charge on any atom is 0.300 e. The third-order valence-corrected chi connectivity index (χ3v) is 1.63. The smallest absolute Gasteiger partial charge is 0.300 e. The molecule has 0 aliphatic rings. The highest BCUT2D eigenvalue weighted by Crippen LogP contribution is 2.09. The van der Waals surface area contributed by atoms with Gasteiger partial charge in [-0.1, -0.05) is 12.1 Å². The Morgan fingerprint density at radius 3 is 2.44 bits per heavy atom. The summed E-state index contributed by atoms with van der Waals surface area (Å²) in [4.78, 5) is 9.00. The SMILES string of the molecule is CC(=O)O.Cc1cccc(F)c1C=NN=C(N)N. The van der Waals surface area contributed by atoms with Gasteiger partial charge in [-0.15, -0.1) is 5.10 Å². The van der Waals surface area contributed by atoms with E-state index in [1.54, 1.807) is 19.1 Å². The van der Waals surface area contributed by atoms with Crippen molar-refractivity contribution in [2.24, 2.45) is 21.7 Å². The van der Waals surface area contributed by atoms with Gasteiger partial charge < -0.3 is 16.6 Å². The molecule has 1 aromatic carbocycles. The van der Waals surface area contributed by atoms with Crippen LogP contribution in [0.3, 0.4) is 0 Å². The Balaban J connectivity index is 0.000000631. The molecule has 1 rings (SSSR count). The van der Waals surface area contributed by atoms with E-state index in [-0.39, 0.29) is 11.8 Å². The first-order valence-electron chi connectivity index (χ1n) is 4.91. The zero-order chi connectivity index (χ0) is 14.1. The number of hydrogen-bond acceptors (Lipinski definition) is 3. The second kappa shape index (κ2) is 7.77. The van der Waals surface area contributed by atoms with Crippen molar-refractivity contribution in [3.63, 3.8) is 0 Å². The first-order chi connectivity index (χ1) is 8.34. The zero-order valence-electron chi connectivity index (χ0n) is 10.1. The van der Waals surface area contributed by atoms with Crippen molar-refractivity contribution in [1.82, 2.24) is 0 Å². The van der Waals surface area contributed by atoms with E-state index in [1.165, 1.54) is 12.3 Å². The molecule has 1 aromatic rings. The van der Waals surface area contributed by atoms with Gasteiger partial charge in [0.15, 0.2) is 0 Å². The predicted molar refractivity (Wildman–Crippen MR) is 67.9 cm³/mol. The van der Waals surface area contributed by atoms with Crippen LogP contribution < -0.4 is 11.5 Å². The summed E-state index contributed by atoms with van der Waals surface area (Å²) >= 11 is 0. The van der Waals surface area contributed by atoms with E-state index < -0.39 is 5.97 Å². The average Bonchev–Trinajstić information content (AvgIpc) is 2.21. The van der Waals surface area contributed by atoms with Crippen LogP contribution in [0, 0.1) is 12.7 Å². The van der Waals surface area contributed by atoms with Gasteiger partial charge >= 0.3 is 0 Å². The van der Waals surface area contributed by atoms with Crippen LogP contribution >= 0.6 is 0 Å². The second-order valence-corrected chi connectivity index (χ2v) is 3.26. The predicted octanol–water partition coefficient (Wildman–Crippen LogP) is 0.832. The lowest BCUT2D eigenvalue weighted by atomic mass is 10.1. The van der Waals surface area contributed by atoms with Crippen molar-refractivity contribution in [3.05, 3.63) is 35.1 Å². The van der Waals surface area contributed by atoms with Gasteiger partial charge in [-0.25, -0.2) is 4.39 Å². The topological polar surface area (TPSA) is 114 Å². The highest BCUT2D eigenvalue weighted by Gasteiger charge is 2.00. The quantitative estimate of drug-likeness (QED) is 0.412. The number of carbonyl (C=O) groups is 1. The average molecular weight is 254 g/mol. The molecule has 0 fully saturated rings. The Morgan fingerprint density at radius 2 is 2.00 bits per heavy atom. The van der Waals surface area contributed by atoms with Crippen molar-refractivity contribution >= 4 is 18.1 Å². The number of hydrogen-bond donors (Lipinski definition) is 3. The number of aliphatic carboxylic acids is 1. The molecule has 98 valence electrons. The van der Waals surface area contributed by atoms with Crippen molar-refractivity contribution < 1.29 is 14.3 Å². The lowest BCUT2D eigenvalue weighted by molar-refractivity contribution is -0.134. The third-order valence-electron chi connectivity index (χ3n) is 1.63. The molecule has 6 nitrogen and oxygen atoms in total. The fourth-order valence-corrected chi connectivity index (χ4v) is 0.962. The molecule has 0 aliphatic heterocycles. The van der Waals surface area contributed by atoms with Crippen molar-refractivity contribution in [3.8, 4) is 0 Å². The fraction of sp³-hybridized carbons (Fsp3) is 0.182. The van der Waals surface area contributed by atoms with Crippen molar-refractivity contribution in [1.29, 1.82) is 0 Å². The first kappa shape index (κ1) is 15.6. The molecule has 0 heterocycles. The largest absolute Gasteiger partial charge is 0.481 e. The number of rotatable bonds is 2. The van der Waals surface area contributed by atoms with Crippen LogP contribution in [0.25, 0.3) is 0 Å². The van der Waals surface area contributed by atoms with Gasteiger partial charge in [-0.2, -0.15) is 5.10 Å². The summed E-state index contributed by atoms with van der Waals surface area (Å²) in [6.45, 7) is 2.86. The number of nitrogens with zero attached hydrogens (tertiary/aromatic N) is 2. The lowest BCUT2D eigenvalue weighted by Gasteiger charge is -1.99. The van der Waals surface area contributed by atoms with E-state index in [2.05, 4.69) is 10.2 Å². The minimum Gasteiger partial charge on any atom is -0.481 e. The number of carboxylic acid groups (broad SMARTS) is 1. The van der Waals surface area contributed by atoms with Gasteiger partial charge in [0.05, 0.1) is 6.21 Å². The van der Waals surface area contributed by atoms with Crippen molar-refractivity contribution in [2.45, 2.75) is 13.8 Å². The molecule has 0 saturated heterocycles. The van der Waals surface area contributed by atoms with E-state index in [0.717, 1.165) is 12.5 Å². The molecule has 0 aliphatic carbocycles. The monoisotopic (exact) mass is 254 g/mol. The molecule has 0 atom stereocenters. The summed E-state index contributed by atoms with van der Waals surface area (Å²) in [5.41, 5.74) is 11.3. The van der Waals surface area contributed by atoms with Gasteiger partial charge in [0.2, 0.25) is 5.96 Å². The maximum absolute atomic E-state index is 13.2. The lowest BCUT2D eigenvalue weighted by Crippen LogP contribution is -2.21. The highest BCUT2D eigenvalue weighted by atomic mass is 19.1. The van der Waals surface area contributed by atoms with Crippen LogP contribution in [0.2, 0.25) is 0 Å². The number of nitrogens with two attached hydrogens (primary N) is 2. The van der Waals surface area contributed by atoms with Gasteiger partial charge in [0, 0.05) is 12.5 Å². The normalized spacial score (nSPS) is 9.50. The van der Waals surface area contributed by atoms with Gasteiger partial charge in [-0.3, -0.25) is 4.79 Å². The van der Waals surface area contributed by atoms with E-state index in [9.17, 15) is 4.39 Å². The molecule has 18 heavy (non-hydrogen) atoms. The van der Waals surface area contributed by atoms with E-state index in [4.69, 9.17) is 21.4 Å². The summed E-state index contributed by atoms with van der Waals surface area (Å²) in [7, 11) is 0. The maximum atomic E-state index is 13.2. The molecule has 0 bridgehead atoms. The molecule has 0 unspecified atom stereocenters. The van der Waals surface area contributed by atoms with E-state index in [1.807, 2.05) is 0 Å². The summed E-state index contributed by atoms with van der Waals surface area (Å²) < 4.78 is 13.2. The molecule has 0 amide bonds. The van der Waals surface area contributed by atoms with Crippen LogP contribution in [0.4, 0.5) is 4.39 Å². The Labute approximate surface area is 104 Å². The Hall–Kier alpha value is -2.44. The minimum atomic E-state index is -0.833. The van der Waals surface area contributed by atoms with Crippen LogP contribution in [0.15, 0.2) is 28.4 Å². The molecule has 0 aromatic heterocycles. The molecule has 0 spiro atoms. The molecule has 5 N–H and O–H groups in total. The Bertz CT molecular complexity index is 444. The molecule has 0 saturated carbocycles. The third kappa shape index (κ3) is 6.94. The highest BCUT2D eigenvalue weighted by molar-refractivity contribution is 5.83. The first-order valence-corrected chi connectivity index (χ1v) is 4.91. The molecule has 0 radical (unpaired) electrons. The standard InChI is InChI=1S/C9H11FN4.C2H4O2/c1-6-3-2-4-8(10)7(6)5-13-14-9(11)12;1-2(3)4/h2-5H,1H3,(H4,11,12,14);1H3,(H,3,4). The molecular formula is C11H15FN4O2. The Kier molecular flexibility index (Phi) is 6.72. The molecule has 7 heteroatoms. The van der Waals surface area contributed by atoms with Gasteiger partial charge in [0.25, 0.3) is 5.97 Å². The number of aryl methyl sites for hydroxylation is 1. The van der Waals surface area contributed by atoms with E-state index >= 15 is 0 Å². The van der Waals surface area contributed by atoms with Crippen LogP contribution in [0.1, 0.15) is 18.1 Å². The summed E-state index contributed by atoms with van der Waals surface area (Å²) in [5, 5.41) is 14.3. The number of halogens is 1. The number of benzene rings is 1. The van der Waals surface area contributed by atoms with Crippen LogP contribution in [0.5, 0.6) is 0 Å². The zero-order valence-corrected chi connectivity index (χ0v) is 10.1. The summed E-state index contributed by atoms with van der Waals surface area (Å²) in [6, 6.07) is 4.76. The second-order valence-electron chi connectivity index (χ2n) is 3.26.